The molecule has 0 bridgehead atoms. The Labute approximate surface area is 192 Å². The quantitative estimate of drug-likeness (QED) is 0.609. The molecule has 4 rings (SSSR count). The van der Waals surface area contributed by atoms with Crippen LogP contribution in [0.3, 0.4) is 0 Å². The van der Waals surface area contributed by atoms with Crippen LogP contribution < -0.4 is 9.47 Å². The van der Waals surface area contributed by atoms with E-state index in [1.807, 2.05) is 35.2 Å². The van der Waals surface area contributed by atoms with Crippen molar-refractivity contribution < 1.29 is 19.0 Å². The van der Waals surface area contributed by atoms with Crippen molar-refractivity contribution in [3.8, 4) is 11.5 Å². The number of hydrogen-bond acceptors (Lipinski definition) is 5. The monoisotopic (exact) mass is 488 g/mol. The largest absolute Gasteiger partial charge is 0.497 e. The van der Waals surface area contributed by atoms with Crippen molar-refractivity contribution >= 4 is 21.8 Å². The normalized spacial score (nSPS) is 21.8. The van der Waals surface area contributed by atoms with Gasteiger partial charge in [0.15, 0.2) is 0 Å². The number of hydrogen-bond donors (Lipinski definition) is 0. The molecule has 0 aliphatic carbocycles. The molecule has 31 heavy (non-hydrogen) atoms. The van der Waals surface area contributed by atoms with Crippen LogP contribution in [-0.4, -0.2) is 62.7 Å². The maximum Gasteiger partial charge on any atom is 0.237 e. The van der Waals surface area contributed by atoms with E-state index in [4.69, 9.17) is 14.2 Å². The van der Waals surface area contributed by atoms with E-state index in [0.29, 0.717) is 13.2 Å². The molecule has 7 heteroatoms. The van der Waals surface area contributed by atoms with Crippen LogP contribution in [0, 0.1) is 0 Å². The molecule has 2 aliphatic heterocycles. The van der Waals surface area contributed by atoms with E-state index in [-0.39, 0.29) is 18.1 Å². The molecule has 2 fully saturated rings. The molecule has 0 spiro atoms. The number of nitrogens with zero attached hydrogens (tertiary/aromatic N) is 2. The van der Waals surface area contributed by atoms with Gasteiger partial charge in [0.1, 0.15) is 11.5 Å². The van der Waals surface area contributed by atoms with Gasteiger partial charge in [-0.3, -0.25) is 9.69 Å². The van der Waals surface area contributed by atoms with Crippen LogP contribution >= 0.6 is 15.9 Å². The highest BCUT2D eigenvalue weighted by Crippen LogP contribution is 2.38. The van der Waals surface area contributed by atoms with Gasteiger partial charge in [-0.25, -0.2) is 0 Å². The van der Waals surface area contributed by atoms with Crippen LogP contribution in [0.25, 0.3) is 0 Å². The van der Waals surface area contributed by atoms with E-state index < -0.39 is 0 Å². The van der Waals surface area contributed by atoms with Gasteiger partial charge < -0.3 is 19.1 Å². The summed E-state index contributed by atoms with van der Waals surface area (Å²) >= 11 is 3.48. The fraction of sp³-hybridized carbons (Fsp3) is 0.458. The third-order valence-electron chi connectivity index (χ3n) is 6.12. The summed E-state index contributed by atoms with van der Waals surface area (Å²) in [5.74, 6) is 1.69. The molecular weight excluding hydrogens is 460 g/mol. The molecule has 1 amide bonds. The molecule has 2 aliphatic rings. The van der Waals surface area contributed by atoms with Gasteiger partial charge >= 0.3 is 0 Å². The lowest BCUT2D eigenvalue weighted by atomic mass is 10.0. The molecule has 2 unspecified atom stereocenters. The van der Waals surface area contributed by atoms with E-state index in [9.17, 15) is 4.79 Å². The summed E-state index contributed by atoms with van der Waals surface area (Å²) in [6, 6.07) is 14.1. The smallest absolute Gasteiger partial charge is 0.237 e. The Morgan fingerprint density at radius 3 is 2.68 bits per heavy atom. The molecule has 2 aromatic rings. The zero-order valence-electron chi connectivity index (χ0n) is 18.1. The summed E-state index contributed by atoms with van der Waals surface area (Å²) in [4.78, 5) is 17.5. The molecule has 6 nitrogen and oxygen atoms in total. The molecule has 166 valence electrons. The second kappa shape index (κ2) is 10.0. The minimum atomic E-state index is -0.00860. The molecule has 2 aromatic carbocycles. The zero-order chi connectivity index (χ0) is 21.8. The number of rotatable bonds is 6. The second-order valence-corrected chi connectivity index (χ2v) is 8.91. The predicted octanol–water partition coefficient (Wildman–Crippen LogP) is 4.20. The predicted molar refractivity (Wildman–Crippen MR) is 123 cm³/mol. The maximum absolute atomic E-state index is 13.3. The number of carbonyl (C=O) groups is 1. The van der Waals surface area contributed by atoms with E-state index in [1.54, 1.807) is 14.2 Å². The van der Waals surface area contributed by atoms with Crippen molar-refractivity contribution in [1.29, 1.82) is 0 Å². The van der Waals surface area contributed by atoms with E-state index in [0.717, 1.165) is 59.6 Å². The van der Waals surface area contributed by atoms with Crippen LogP contribution in [0.5, 0.6) is 11.5 Å². The Hall–Kier alpha value is -2.09. The van der Waals surface area contributed by atoms with Gasteiger partial charge in [-0.2, -0.15) is 0 Å². The standard InChI is InChI=1S/C24H29BrN2O4/c1-29-19-9-10-20(22(14-19)30-2)21-4-3-11-27(21)24(28)16-26-12-13-31-23(15-26)17-5-7-18(25)8-6-17/h5-10,14,21,23H,3-4,11-13,15-16H2,1-2H3. The minimum Gasteiger partial charge on any atom is -0.497 e. The van der Waals surface area contributed by atoms with Crippen LogP contribution in [-0.2, 0) is 9.53 Å². The van der Waals surface area contributed by atoms with Crippen molar-refractivity contribution in [2.24, 2.45) is 0 Å². The average molecular weight is 489 g/mol. The first-order chi connectivity index (χ1) is 15.1. The molecule has 2 atom stereocenters. The molecule has 0 aromatic heterocycles. The molecule has 0 saturated carbocycles. The molecule has 0 N–H and O–H groups in total. The lowest BCUT2D eigenvalue weighted by Crippen LogP contribution is -2.45. The topological polar surface area (TPSA) is 51.2 Å². The van der Waals surface area contributed by atoms with Crippen molar-refractivity contribution in [1.82, 2.24) is 9.80 Å². The number of benzene rings is 2. The summed E-state index contributed by atoms with van der Waals surface area (Å²) in [5.41, 5.74) is 2.19. The highest BCUT2D eigenvalue weighted by Gasteiger charge is 2.33. The number of methoxy groups -OCH3 is 2. The lowest BCUT2D eigenvalue weighted by molar-refractivity contribution is -0.135. The Balaban J connectivity index is 1.43. The van der Waals surface area contributed by atoms with Crippen LogP contribution in [0.4, 0.5) is 0 Å². The fourth-order valence-corrected chi connectivity index (χ4v) is 4.75. The summed E-state index contributed by atoms with van der Waals surface area (Å²) < 4.78 is 17.9. The highest BCUT2D eigenvalue weighted by atomic mass is 79.9. The second-order valence-electron chi connectivity index (χ2n) is 8.00. The number of halogens is 1. The van der Waals surface area contributed by atoms with Gasteiger partial charge in [0.25, 0.3) is 0 Å². The van der Waals surface area contributed by atoms with Gasteiger partial charge in [0.2, 0.25) is 5.91 Å². The van der Waals surface area contributed by atoms with Crippen molar-refractivity contribution in [3.63, 3.8) is 0 Å². The third kappa shape index (κ3) is 5.05. The summed E-state index contributed by atoms with van der Waals surface area (Å²) in [6.07, 6.45) is 1.93. The van der Waals surface area contributed by atoms with Crippen LogP contribution in [0.1, 0.15) is 36.1 Å². The first kappa shape index (κ1) is 22.1. The summed E-state index contributed by atoms with van der Waals surface area (Å²) in [5, 5.41) is 0. The molecule has 2 heterocycles. The molecule has 2 saturated heterocycles. The van der Waals surface area contributed by atoms with Gasteiger partial charge in [-0.15, -0.1) is 0 Å². The first-order valence-electron chi connectivity index (χ1n) is 10.7. The van der Waals surface area contributed by atoms with E-state index in [1.165, 1.54) is 0 Å². The fourth-order valence-electron chi connectivity index (χ4n) is 4.49. The zero-order valence-corrected chi connectivity index (χ0v) is 19.6. The van der Waals surface area contributed by atoms with Crippen molar-refractivity contribution in [2.75, 3.05) is 47.0 Å². The first-order valence-corrected chi connectivity index (χ1v) is 11.5. The highest BCUT2D eigenvalue weighted by molar-refractivity contribution is 9.10. The van der Waals surface area contributed by atoms with Gasteiger partial charge in [-0.1, -0.05) is 28.1 Å². The SMILES string of the molecule is COc1ccc(C2CCCN2C(=O)CN2CCOC(c3ccc(Br)cc3)C2)c(OC)c1. The van der Waals surface area contributed by atoms with Crippen molar-refractivity contribution in [2.45, 2.75) is 25.0 Å². The molecule has 0 radical (unpaired) electrons. The summed E-state index contributed by atoms with van der Waals surface area (Å²) in [6.45, 7) is 3.30. The Bertz CT molecular complexity index is 905. The number of morpholine rings is 1. The van der Waals surface area contributed by atoms with Crippen LogP contribution in [0.2, 0.25) is 0 Å². The van der Waals surface area contributed by atoms with Gasteiger partial charge in [-0.05, 0) is 42.7 Å². The Kier molecular flexibility index (Phi) is 7.15. The number of likely N-dealkylation sites (tertiary alicyclic amines) is 1. The van der Waals surface area contributed by atoms with E-state index >= 15 is 0 Å². The summed E-state index contributed by atoms with van der Waals surface area (Å²) in [7, 11) is 3.30. The van der Waals surface area contributed by atoms with Crippen LogP contribution in [0.15, 0.2) is 46.9 Å². The Morgan fingerprint density at radius 1 is 1.13 bits per heavy atom. The molecular formula is C24H29BrN2O4. The average Bonchev–Trinajstić information content (AvgIpc) is 3.29. The van der Waals surface area contributed by atoms with Gasteiger partial charge in [0, 0.05) is 35.7 Å². The minimum absolute atomic E-state index is 0.00860. The Morgan fingerprint density at radius 2 is 1.94 bits per heavy atom. The number of carbonyl (C=O) groups excluding carboxylic acids is 1. The lowest BCUT2D eigenvalue weighted by Gasteiger charge is -2.34. The third-order valence-corrected chi connectivity index (χ3v) is 6.65. The maximum atomic E-state index is 13.3. The number of amides is 1. The number of ether oxygens (including phenoxy) is 3. The van der Waals surface area contributed by atoms with Crippen molar-refractivity contribution in [3.05, 3.63) is 58.1 Å². The van der Waals surface area contributed by atoms with Gasteiger partial charge in [0.05, 0.1) is 39.5 Å². The van der Waals surface area contributed by atoms with E-state index in [2.05, 4.69) is 33.0 Å².